The highest BCUT2D eigenvalue weighted by Gasteiger charge is 2.33. The van der Waals surface area contributed by atoms with E-state index in [1.807, 2.05) is 0 Å². The monoisotopic (exact) mass is 312 g/mol. The molecule has 130 valence electrons. The highest BCUT2D eigenvalue weighted by Crippen LogP contribution is 2.35. The highest BCUT2D eigenvalue weighted by molar-refractivity contribution is 5.60. The lowest BCUT2D eigenvalue weighted by molar-refractivity contribution is -0.0321. The molecular formula is C19H36O3. The van der Waals surface area contributed by atoms with Crippen molar-refractivity contribution in [1.82, 2.24) is 0 Å². The number of hydrogen-bond donors (Lipinski definition) is 0. The van der Waals surface area contributed by atoms with Gasteiger partial charge in [-0.1, -0.05) is 66.2 Å². The molecule has 0 amide bonds. The molecule has 0 saturated heterocycles. The van der Waals surface area contributed by atoms with Gasteiger partial charge in [0.05, 0.1) is 6.61 Å². The van der Waals surface area contributed by atoms with Crippen LogP contribution in [0.1, 0.15) is 85.5 Å². The van der Waals surface area contributed by atoms with Gasteiger partial charge in [0.1, 0.15) is 6.10 Å². The van der Waals surface area contributed by atoms with E-state index in [1.165, 1.54) is 32.1 Å². The Bertz CT molecular complexity index is 301. The summed E-state index contributed by atoms with van der Waals surface area (Å²) in [7, 11) is 0. The number of hydrogen-bond acceptors (Lipinski definition) is 3. The molecule has 0 aliphatic heterocycles. The van der Waals surface area contributed by atoms with Crippen LogP contribution in [0.15, 0.2) is 0 Å². The SMILES string of the molecule is CCCCCCCCOC(=O)OC1CC(C)CCC1C(C)C. The van der Waals surface area contributed by atoms with Crippen LogP contribution in [0.3, 0.4) is 0 Å². The molecule has 1 aliphatic carbocycles. The normalized spacial score (nSPS) is 25.2. The van der Waals surface area contributed by atoms with Crippen LogP contribution in [0, 0.1) is 17.8 Å². The number of unbranched alkanes of at least 4 members (excludes halogenated alkanes) is 5. The molecule has 1 rings (SSSR count). The van der Waals surface area contributed by atoms with Gasteiger partial charge in [-0.25, -0.2) is 4.79 Å². The third-order valence-corrected chi connectivity index (χ3v) is 4.93. The standard InChI is InChI=1S/C19H36O3/c1-5-6-7-8-9-10-13-21-19(20)22-18-14-16(4)11-12-17(18)15(2)3/h15-18H,5-14H2,1-4H3. The van der Waals surface area contributed by atoms with Crippen molar-refractivity contribution in [3.05, 3.63) is 0 Å². The first-order valence-corrected chi connectivity index (χ1v) is 9.38. The van der Waals surface area contributed by atoms with Gasteiger partial charge in [0, 0.05) is 0 Å². The van der Waals surface area contributed by atoms with Crippen molar-refractivity contribution in [3.63, 3.8) is 0 Å². The Balaban J connectivity index is 2.19. The Morgan fingerprint density at radius 3 is 2.45 bits per heavy atom. The van der Waals surface area contributed by atoms with Crippen molar-refractivity contribution in [1.29, 1.82) is 0 Å². The quantitative estimate of drug-likeness (QED) is 0.389. The summed E-state index contributed by atoms with van der Waals surface area (Å²) in [4.78, 5) is 11.9. The Kier molecular flexibility index (Phi) is 9.58. The van der Waals surface area contributed by atoms with E-state index >= 15 is 0 Å². The van der Waals surface area contributed by atoms with E-state index in [9.17, 15) is 4.79 Å². The molecular weight excluding hydrogens is 276 g/mol. The summed E-state index contributed by atoms with van der Waals surface area (Å²) in [5, 5.41) is 0. The summed E-state index contributed by atoms with van der Waals surface area (Å²) < 4.78 is 10.9. The zero-order chi connectivity index (χ0) is 16.4. The predicted molar refractivity (Wildman–Crippen MR) is 90.9 cm³/mol. The van der Waals surface area contributed by atoms with Gasteiger partial charge in [-0.3, -0.25) is 0 Å². The van der Waals surface area contributed by atoms with E-state index in [0.29, 0.717) is 24.4 Å². The lowest BCUT2D eigenvalue weighted by Crippen LogP contribution is -2.36. The molecule has 0 aromatic rings. The third-order valence-electron chi connectivity index (χ3n) is 4.93. The maximum absolute atomic E-state index is 11.9. The fourth-order valence-electron chi connectivity index (χ4n) is 3.45. The average molecular weight is 312 g/mol. The van der Waals surface area contributed by atoms with Crippen LogP contribution in [0.25, 0.3) is 0 Å². The second-order valence-electron chi connectivity index (χ2n) is 7.35. The molecule has 3 heteroatoms. The summed E-state index contributed by atoms with van der Waals surface area (Å²) in [5.74, 6) is 1.69. The van der Waals surface area contributed by atoms with Crippen molar-refractivity contribution < 1.29 is 14.3 Å². The number of ether oxygens (including phenoxy) is 2. The molecule has 1 saturated carbocycles. The van der Waals surface area contributed by atoms with Crippen molar-refractivity contribution >= 4 is 6.16 Å². The first-order chi connectivity index (χ1) is 10.5. The fraction of sp³-hybridized carbons (Fsp3) is 0.947. The molecule has 3 unspecified atom stereocenters. The minimum absolute atomic E-state index is 0.0424. The first-order valence-electron chi connectivity index (χ1n) is 9.38. The van der Waals surface area contributed by atoms with Crippen molar-refractivity contribution in [2.45, 2.75) is 91.6 Å². The van der Waals surface area contributed by atoms with E-state index in [1.54, 1.807) is 0 Å². The maximum atomic E-state index is 11.9. The summed E-state index contributed by atoms with van der Waals surface area (Å²) in [6.45, 7) is 9.40. The third kappa shape index (κ3) is 7.51. The minimum atomic E-state index is -0.460. The van der Waals surface area contributed by atoms with Crippen LogP contribution >= 0.6 is 0 Å². The van der Waals surface area contributed by atoms with Gasteiger partial charge < -0.3 is 9.47 Å². The molecule has 0 radical (unpaired) electrons. The molecule has 0 spiro atoms. The van der Waals surface area contributed by atoms with E-state index in [4.69, 9.17) is 9.47 Å². The smallest absolute Gasteiger partial charge is 0.434 e. The first kappa shape index (κ1) is 19.3. The van der Waals surface area contributed by atoms with Crippen molar-refractivity contribution in [2.75, 3.05) is 6.61 Å². The largest absolute Gasteiger partial charge is 0.508 e. The Morgan fingerprint density at radius 2 is 1.77 bits per heavy atom. The van der Waals surface area contributed by atoms with Gasteiger partial charge >= 0.3 is 6.16 Å². The second-order valence-corrected chi connectivity index (χ2v) is 7.35. The average Bonchev–Trinajstić information content (AvgIpc) is 2.46. The Hall–Kier alpha value is -0.730. The van der Waals surface area contributed by atoms with Crippen LogP contribution in [-0.4, -0.2) is 18.9 Å². The summed E-state index contributed by atoms with van der Waals surface area (Å²) in [6, 6.07) is 0. The summed E-state index contributed by atoms with van der Waals surface area (Å²) >= 11 is 0. The number of carbonyl (C=O) groups is 1. The van der Waals surface area contributed by atoms with Crippen LogP contribution in [-0.2, 0) is 9.47 Å². The van der Waals surface area contributed by atoms with Gasteiger partial charge in [-0.05, 0) is 37.0 Å². The molecule has 22 heavy (non-hydrogen) atoms. The zero-order valence-electron chi connectivity index (χ0n) is 15.1. The molecule has 3 nitrogen and oxygen atoms in total. The molecule has 1 fully saturated rings. The number of rotatable bonds is 9. The molecule has 0 aromatic heterocycles. The molecule has 0 heterocycles. The lowest BCUT2D eigenvalue weighted by atomic mass is 9.75. The lowest BCUT2D eigenvalue weighted by Gasteiger charge is -2.36. The van der Waals surface area contributed by atoms with Crippen LogP contribution in [0.4, 0.5) is 4.79 Å². The van der Waals surface area contributed by atoms with Gasteiger partial charge in [-0.15, -0.1) is 0 Å². The molecule has 0 N–H and O–H groups in total. The predicted octanol–water partition coefficient (Wildman–Crippen LogP) is 5.96. The minimum Gasteiger partial charge on any atom is -0.434 e. The summed E-state index contributed by atoms with van der Waals surface area (Å²) in [6.07, 6.45) is 10.2. The zero-order valence-corrected chi connectivity index (χ0v) is 15.1. The van der Waals surface area contributed by atoms with Crippen LogP contribution in [0.2, 0.25) is 0 Å². The maximum Gasteiger partial charge on any atom is 0.508 e. The van der Waals surface area contributed by atoms with Gasteiger partial charge in [0.25, 0.3) is 0 Å². The summed E-state index contributed by atoms with van der Waals surface area (Å²) in [5.41, 5.74) is 0. The van der Waals surface area contributed by atoms with E-state index in [-0.39, 0.29) is 6.10 Å². The van der Waals surface area contributed by atoms with E-state index < -0.39 is 6.16 Å². The van der Waals surface area contributed by atoms with E-state index in [2.05, 4.69) is 27.7 Å². The van der Waals surface area contributed by atoms with Crippen molar-refractivity contribution in [3.8, 4) is 0 Å². The second kappa shape index (κ2) is 10.9. The van der Waals surface area contributed by atoms with Gasteiger partial charge in [0.15, 0.2) is 0 Å². The number of carbonyl (C=O) groups excluding carboxylic acids is 1. The van der Waals surface area contributed by atoms with Crippen molar-refractivity contribution in [2.24, 2.45) is 17.8 Å². The fourth-order valence-corrected chi connectivity index (χ4v) is 3.45. The molecule has 1 aliphatic rings. The van der Waals surface area contributed by atoms with Gasteiger partial charge in [0.2, 0.25) is 0 Å². The molecule has 0 aromatic carbocycles. The van der Waals surface area contributed by atoms with Gasteiger partial charge in [-0.2, -0.15) is 0 Å². The Morgan fingerprint density at radius 1 is 1.09 bits per heavy atom. The van der Waals surface area contributed by atoms with E-state index in [0.717, 1.165) is 25.7 Å². The van der Waals surface area contributed by atoms with Crippen LogP contribution < -0.4 is 0 Å². The molecule has 0 bridgehead atoms. The Labute approximate surface area is 137 Å². The topological polar surface area (TPSA) is 35.5 Å². The molecule has 3 atom stereocenters. The van der Waals surface area contributed by atoms with Crippen LogP contribution in [0.5, 0.6) is 0 Å². The highest BCUT2D eigenvalue weighted by atomic mass is 16.7.